The van der Waals surface area contributed by atoms with Crippen LogP contribution in [0.2, 0.25) is 0 Å². The molecule has 0 N–H and O–H groups in total. The first kappa shape index (κ1) is 34.0. The number of rotatable bonds is 7. The monoisotopic (exact) mass is 755 g/mol. The molecule has 0 radical (unpaired) electrons. The van der Waals surface area contributed by atoms with Gasteiger partial charge in [0.05, 0.1) is 10.4 Å². The van der Waals surface area contributed by atoms with Gasteiger partial charge in [0.1, 0.15) is 0 Å². The fourth-order valence-electron chi connectivity index (χ4n) is 8.72. The maximum atomic E-state index is 2.45. The molecule has 0 atom stereocenters. The molecule has 0 spiro atoms. The average molecular weight is 756 g/mol. The van der Waals surface area contributed by atoms with Crippen molar-refractivity contribution in [2.75, 3.05) is 4.90 Å². The second kappa shape index (κ2) is 14.4. The first-order valence-corrected chi connectivity index (χ1v) is 20.7. The Balaban J connectivity index is 1.08. The lowest BCUT2D eigenvalue weighted by molar-refractivity contribution is 1.30. The fraction of sp³-hybridized carbons (Fsp3) is 0. The van der Waals surface area contributed by atoms with Crippen molar-refractivity contribution < 1.29 is 0 Å². The molecule has 11 aromatic rings. The standard InChI is InChI=1S/C56H37NS/c1-3-15-39(16-4-1)48-26-12-20-41-21-13-27-49(55(41)48)43-22-11-23-46(36-43)57(53-29-14-28-51-50-25-9-10-30-54(50)58-56(51)53)45-33-31-38(32-34-45)44-35-42-19-7-8-24-47(42)52(37-44)40-17-5-2-6-18-40/h1-37H. The van der Waals surface area contributed by atoms with Crippen LogP contribution in [-0.2, 0) is 0 Å². The third-order valence-corrected chi connectivity index (χ3v) is 12.6. The Morgan fingerprint density at radius 2 is 0.897 bits per heavy atom. The lowest BCUT2D eigenvalue weighted by atomic mass is 9.91. The van der Waals surface area contributed by atoms with Crippen molar-refractivity contribution >= 4 is 70.1 Å². The van der Waals surface area contributed by atoms with Crippen LogP contribution in [0.1, 0.15) is 0 Å². The topological polar surface area (TPSA) is 3.24 Å². The Labute approximate surface area is 342 Å². The first-order chi connectivity index (χ1) is 28.8. The van der Waals surface area contributed by atoms with Crippen molar-refractivity contribution in [3.63, 3.8) is 0 Å². The first-order valence-electron chi connectivity index (χ1n) is 19.8. The molecule has 1 nitrogen and oxygen atoms in total. The molecule has 2 heteroatoms. The quantitative estimate of drug-likeness (QED) is 0.157. The van der Waals surface area contributed by atoms with Crippen LogP contribution in [0.25, 0.3) is 86.2 Å². The summed E-state index contributed by atoms with van der Waals surface area (Å²) in [5, 5.41) is 7.57. The van der Waals surface area contributed by atoms with E-state index in [1.165, 1.54) is 91.9 Å². The van der Waals surface area contributed by atoms with Gasteiger partial charge in [-0.05, 0) is 115 Å². The lowest BCUT2D eigenvalue weighted by Gasteiger charge is -2.27. The largest absolute Gasteiger partial charge is 0.309 e. The van der Waals surface area contributed by atoms with Gasteiger partial charge in [-0.15, -0.1) is 11.3 Å². The van der Waals surface area contributed by atoms with Gasteiger partial charge in [-0.2, -0.15) is 0 Å². The lowest BCUT2D eigenvalue weighted by Crippen LogP contribution is -2.10. The number of hydrogen-bond acceptors (Lipinski definition) is 2. The van der Waals surface area contributed by atoms with Gasteiger partial charge in [0.2, 0.25) is 0 Å². The molecule has 0 saturated carbocycles. The normalized spacial score (nSPS) is 11.4. The van der Waals surface area contributed by atoms with Crippen LogP contribution in [0.5, 0.6) is 0 Å². The highest BCUT2D eigenvalue weighted by molar-refractivity contribution is 7.26. The van der Waals surface area contributed by atoms with Gasteiger partial charge in [0.25, 0.3) is 0 Å². The van der Waals surface area contributed by atoms with E-state index in [4.69, 9.17) is 0 Å². The Hall–Kier alpha value is -7.26. The molecule has 0 saturated heterocycles. The highest BCUT2D eigenvalue weighted by Gasteiger charge is 2.20. The van der Waals surface area contributed by atoms with E-state index in [-0.39, 0.29) is 0 Å². The van der Waals surface area contributed by atoms with Gasteiger partial charge in [-0.3, -0.25) is 0 Å². The molecule has 272 valence electrons. The third-order valence-electron chi connectivity index (χ3n) is 11.4. The Kier molecular flexibility index (Phi) is 8.42. The molecule has 0 aliphatic heterocycles. The average Bonchev–Trinajstić information content (AvgIpc) is 3.69. The van der Waals surface area contributed by atoms with Crippen LogP contribution >= 0.6 is 11.3 Å². The molecule has 0 aliphatic carbocycles. The highest BCUT2D eigenvalue weighted by Crippen LogP contribution is 2.46. The van der Waals surface area contributed by atoms with Gasteiger partial charge < -0.3 is 4.90 Å². The second-order valence-electron chi connectivity index (χ2n) is 14.9. The minimum absolute atomic E-state index is 1.11. The van der Waals surface area contributed by atoms with Gasteiger partial charge in [0.15, 0.2) is 0 Å². The van der Waals surface area contributed by atoms with Gasteiger partial charge >= 0.3 is 0 Å². The molecule has 11 rings (SSSR count). The SMILES string of the molecule is c1ccc(-c2cc(-c3ccc(N(c4cccc(-c5cccc6cccc(-c7ccccc7)c56)c4)c4cccc5c4sc4ccccc45)cc3)cc3ccccc23)cc1. The zero-order chi connectivity index (χ0) is 38.4. The van der Waals surface area contributed by atoms with Gasteiger partial charge in [0, 0.05) is 26.8 Å². The van der Waals surface area contributed by atoms with Crippen molar-refractivity contribution in [3.05, 3.63) is 224 Å². The van der Waals surface area contributed by atoms with Gasteiger partial charge in [-0.1, -0.05) is 176 Å². The predicted octanol–water partition coefficient (Wildman–Crippen LogP) is 16.5. The Bertz CT molecular complexity index is 3270. The summed E-state index contributed by atoms with van der Waals surface area (Å²) in [5.41, 5.74) is 13.1. The maximum Gasteiger partial charge on any atom is 0.0640 e. The van der Waals surface area contributed by atoms with E-state index in [1.54, 1.807) is 0 Å². The second-order valence-corrected chi connectivity index (χ2v) is 15.9. The minimum atomic E-state index is 1.11. The minimum Gasteiger partial charge on any atom is -0.309 e. The van der Waals surface area contributed by atoms with Crippen LogP contribution < -0.4 is 4.90 Å². The van der Waals surface area contributed by atoms with Crippen molar-refractivity contribution in [1.29, 1.82) is 0 Å². The van der Waals surface area contributed by atoms with Crippen LogP contribution in [0.3, 0.4) is 0 Å². The molecule has 0 amide bonds. The summed E-state index contributed by atoms with van der Waals surface area (Å²) in [6.07, 6.45) is 0. The number of nitrogens with zero attached hydrogens (tertiary/aromatic N) is 1. The van der Waals surface area contributed by atoms with Crippen LogP contribution in [0.15, 0.2) is 224 Å². The van der Waals surface area contributed by atoms with Crippen LogP contribution in [0.4, 0.5) is 17.1 Å². The molecular formula is C56H37NS. The van der Waals surface area contributed by atoms with Crippen LogP contribution in [0, 0.1) is 0 Å². The number of benzene rings is 10. The van der Waals surface area contributed by atoms with Crippen molar-refractivity contribution in [2.45, 2.75) is 0 Å². The van der Waals surface area contributed by atoms with E-state index in [1.807, 2.05) is 11.3 Å². The summed E-state index contributed by atoms with van der Waals surface area (Å²) in [6, 6.07) is 81.9. The summed E-state index contributed by atoms with van der Waals surface area (Å²) in [6.45, 7) is 0. The summed E-state index contributed by atoms with van der Waals surface area (Å²) in [7, 11) is 0. The molecule has 0 fully saturated rings. The molecule has 0 unspecified atom stereocenters. The van der Waals surface area contributed by atoms with E-state index in [2.05, 4.69) is 229 Å². The summed E-state index contributed by atoms with van der Waals surface area (Å²) in [5.74, 6) is 0. The molecule has 58 heavy (non-hydrogen) atoms. The van der Waals surface area contributed by atoms with Gasteiger partial charge in [-0.25, -0.2) is 0 Å². The fourth-order valence-corrected chi connectivity index (χ4v) is 9.93. The Morgan fingerprint density at radius 3 is 1.67 bits per heavy atom. The van der Waals surface area contributed by atoms with E-state index in [0.29, 0.717) is 0 Å². The predicted molar refractivity (Wildman–Crippen MR) is 251 cm³/mol. The number of thiophene rings is 1. The zero-order valence-corrected chi connectivity index (χ0v) is 32.5. The maximum absolute atomic E-state index is 2.45. The van der Waals surface area contributed by atoms with Crippen LogP contribution in [-0.4, -0.2) is 0 Å². The van der Waals surface area contributed by atoms with E-state index < -0.39 is 0 Å². The summed E-state index contributed by atoms with van der Waals surface area (Å²) >= 11 is 1.87. The summed E-state index contributed by atoms with van der Waals surface area (Å²) in [4.78, 5) is 2.45. The molecule has 0 bridgehead atoms. The van der Waals surface area contributed by atoms with Crippen molar-refractivity contribution in [2.24, 2.45) is 0 Å². The summed E-state index contributed by atoms with van der Waals surface area (Å²) < 4.78 is 2.57. The van der Waals surface area contributed by atoms with E-state index in [9.17, 15) is 0 Å². The molecule has 1 heterocycles. The van der Waals surface area contributed by atoms with E-state index >= 15 is 0 Å². The number of fused-ring (bicyclic) bond motifs is 5. The Morgan fingerprint density at radius 1 is 0.310 bits per heavy atom. The zero-order valence-electron chi connectivity index (χ0n) is 31.7. The highest BCUT2D eigenvalue weighted by atomic mass is 32.1. The van der Waals surface area contributed by atoms with Crippen molar-refractivity contribution in [3.8, 4) is 44.5 Å². The van der Waals surface area contributed by atoms with E-state index in [0.717, 1.165) is 11.4 Å². The molecule has 0 aliphatic rings. The molecule has 1 aromatic heterocycles. The molecule has 10 aromatic carbocycles. The third kappa shape index (κ3) is 5.94. The molecular weight excluding hydrogens is 719 g/mol. The number of anilines is 3. The van der Waals surface area contributed by atoms with Crippen molar-refractivity contribution in [1.82, 2.24) is 0 Å². The number of hydrogen-bond donors (Lipinski definition) is 0. The smallest absolute Gasteiger partial charge is 0.0640 e.